The molecule has 2 aromatic rings. The molecule has 24 heavy (non-hydrogen) atoms. The number of anilines is 1. The summed E-state index contributed by atoms with van der Waals surface area (Å²) in [5.41, 5.74) is 0.900. The Bertz CT molecular complexity index is 719. The Kier molecular flexibility index (Phi) is 6.76. The van der Waals surface area contributed by atoms with Gasteiger partial charge >= 0.3 is 0 Å². The van der Waals surface area contributed by atoms with Gasteiger partial charge < -0.3 is 14.8 Å². The van der Waals surface area contributed by atoms with Crippen molar-refractivity contribution >= 4 is 34.8 Å². The SMILES string of the molecule is CCCOc1ccc(C(=O)Nc2cccc(Cl)c2Cl)cc1OCC. The Hall–Kier alpha value is -1.91. The molecule has 0 radical (unpaired) electrons. The number of halogens is 2. The van der Waals surface area contributed by atoms with Crippen molar-refractivity contribution < 1.29 is 14.3 Å². The van der Waals surface area contributed by atoms with Crippen molar-refractivity contribution in [2.75, 3.05) is 18.5 Å². The van der Waals surface area contributed by atoms with Gasteiger partial charge in [-0.2, -0.15) is 0 Å². The molecule has 0 unspecified atom stereocenters. The minimum atomic E-state index is -0.304. The van der Waals surface area contributed by atoms with Gasteiger partial charge in [-0.25, -0.2) is 0 Å². The van der Waals surface area contributed by atoms with Crippen molar-refractivity contribution in [2.24, 2.45) is 0 Å². The first-order valence-corrected chi connectivity index (χ1v) is 8.47. The average molecular weight is 368 g/mol. The maximum atomic E-state index is 12.5. The summed E-state index contributed by atoms with van der Waals surface area (Å²) in [6.45, 7) is 4.97. The lowest BCUT2D eigenvalue weighted by Crippen LogP contribution is -2.13. The molecule has 6 heteroatoms. The third kappa shape index (κ3) is 4.56. The zero-order chi connectivity index (χ0) is 17.5. The fourth-order valence-electron chi connectivity index (χ4n) is 2.04. The van der Waals surface area contributed by atoms with Crippen LogP contribution in [0.5, 0.6) is 11.5 Å². The lowest BCUT2D eigenvalue weighted by molar-refractivity contribution is 0.102. The van der Waals surface area contributed by atoms with Crippen molar-refractivity contribution in [1.29, 1.82) is 0 Å². The number of amides is 1. The Balaban J connectivity index is 2.22. The number of carbonyl (C=O) groups is 1. The molecule has 0 saturated carbocycles. The van der Waals surface area contributed by atoms with Crippen LogP contribution in [0.25, 0.3) is 0 Å². The molecule has 1 N–H and O–H groups in total. The highest BCUT2D eigenvalue weighted by molar-refractivity contribution is 6.44. The van der Waals surface area contributed by atoms with E-state index >= 15 is 0 Å². The first kappa shape index (κ1) is 18.4. The maximum Gasteiger partial charge on any atom is 0.255 e. The molecule has 1 amide bonds. The highest BCUT2D eigenvalue weighted by Crippen LogP contribution is 2.31. The minimum Gasteiger partial charge on any atom is -0.490 e. The molecule has 0 saturated heterocycles. The Morgan fingerprint density at radius 3 is 2.58 bits per heavy atom. The van der Waals surface area contributed by atoms with Gasteiger partial charge in [-0.1, -0.05) is 36.2 Å². The average Bonchev–Trinajstić information content (AvgIpc) is 2.58. The van der Waals surface area contributed by atoms with Crippen molar-refractivity contribution in [1.82, 2.24) is 0 Å². The van der Waals surface area contributed by atoms with E-state index in [0.717, 1.165) is 6.42 Å². The molecule has 2 aromatic carbocycles. The van der Waals surface area contributed by atoms with E-state index in [2.05, 4.69) is 5.32 Å². The van der Waals surface area contributed by atoms with E-state index in [1.165, 1.54) is 0 Å². The highest BCUT2D eigenvalue weighted by Gasteiger charge is 2.14. The summed E-state index contributed by atoms with van der Waals surface area (Å²) < 4.78 is 11.2. The largest absolute Gasteiger partial charge is 0.490 e. The number of ether oxygens (including phenoxy) is 2. The predicted octanol–water partition coefficient (Wildman–Crippen LogP) is 5.43. The smallest absolute Gasteiger partial charge is 0.255 e. The van der Waals surface area contributed by atoms with Gasteiger partial charge in [-0.15, -0.1) is 0 Å². The molecule has 0 bridgehead atoms. The van der Waals surface area contributed by atoms with E-state index in [0.29, 0.717) is 46.0 Å². The molecule has 0 spiro atoms. The normalized spacial score (nSPS) is 10.3. The third-order valence-corrected chi connectivity index (χ3v) is 3.99. The van der Waals surface area contributed by atoms with Crippen LogP contribution in [0.1, 0.15) is 30.6 Å². The van der Waals surface area contributed by atoms with Crippen LogP contribution in [-0.4, -0.2) is 19.1 Å². The van der Waals surface area contributed by atoms with Crippen molar-refractivity contribution in [3.05, 3.63) is 52.0 Å². The maximum absolute atomic E-state index is 12.5. The molecule has 2 rings (SSSR count). The first-order valence-electron chi connectivity index (χ1n) is 7.71. The third-order valence-electron chi connectivity index (χ3n) is 3.17. The van der Waals surface area contributed by atoms with Crippen LogP contribution in [0.15, 0.2) is 36.4 Å². The van der Waals surface area contributed by atoms with Gasteiger partial charge in [0.05, 0.1) is 28.9 Å². The zero-order valence-electron chi connectivity index (χ0n) is 13.6. The lowest BCUT2D eigenvalue weighted by Gasteiger charge is -2.13. The van der Waals surface area contributed by atoms with Gasteiger partial charge in [0, 0.05) is 5.56 Å². The van der Waals surface area contributed by atoms with Crippen molar-refractivity contribution in [3.8, 4) is 11.5 Å². The Morgan fingerprint density at radius 1 is 1.08 bits per heavy atom. The van der Waals surface area contributed by atoms with Crippen molar-refractivity contribution in [3.63, 3.8) is 0 Å². The number of hydrogen-bond acceptors (Lipinski definition) is 3. The second-order valence-electron chi connectivity index (χ2n) is 5.00. The van der Waals surface area contributed by atoms with E-state index in [4.69, 9.17) is 32.7 Å². The van der Waals surface area contributed by atoms with Crippen LogP contribution in [0.3, 0.4) is 0 Å². The van der Waals surface area contributed by atoms with E-state index in [1.807, 2.05) is 13.8 Å². The molecule has 0 aliphatic rings. The molecule has 0 aliphatic carbocycles. The molecular formula is C18H19Cl2NO3. The summed E-state index contributed by atoms with van der Waals surface area (Å²) in [6.07, 6.45) is 0.890. The number of nitrogens with one attached hydrogen (secondary N) is 1. The van der Waals surface area contributed by atoms with Gasteiger partial charge in [0.2, 0.25) is 0 Å². The van der Waals surface area contributed by atoms with Crippen LogP contribution in [-0.2, 0) is 0 Å². The predicted molar refractivity (Wildman–Crippen MR) is 97.8 cm³/mol. The van der Waals surface area contributed by atoms with Crippen LogP contribution < -0.4 is 14.8 Å². The second kappa shape index (κ2) is 8.81. The molecule has 0 fully saturated rings. The topological polar surface area (TPSA) is 47.6 Å². The molecular weight excluding hydrogens is 349 g/mol. The fraction of sp³-hybridized carbons (Fsp3) is 0.278. The van der Waals surface area contributed by atoms with Gasteiger partial charge in [0.25, 0.3) is 5.91 Å². The van der Waals surface area contributed by atoms with Gasteiger partial charge in [-0.3, -0.25) is 4.79 Å². The standard InChI is InChI=1S/C18H19Cl2NO3/c1-3-10-24-15-9-8-12(11-16(15)23-4-2)18(22)21-14-7-5-6-13(19)17(14)20/h5-9,11H,3-4,10H2,1-2H3,(H,21,22). The van der Waals surface area contributed by atoms with E-state index in [9.17, 15) is 4.79 Å². The van der Waals surface area contributed by atoms with E-state index in [1.54, 1.807) is 36.4 Å². The first-order chi connectivity index (χ1) is 11.6. The summed E-state index contributed by atoms with van der Waals surface area (Å²) in [5, 5.41) is 3.44. The second-order valence-corrected chi connectivity index (χ2v) is 5.78. The fourth-order valence-corrected chi connectivity index (χ4v) is 2.39. The number of carbonyl (C=O) groups excluding carboxylic acids is 1. The van der Waals surface area contributed by atoms with Crippen LogP contribution in [0, 0.1) is 0 Å². The molecule has 0 heterocycles. The van der Waals surface area contributed by atoms with Crippen LogP contribution >= 0.6 is 23.2 Å². The Morgan fingerprint density at radius 2 is 1.88 bits per heavy atom. The summed E-state index contributed by atoms with van der Waals surface area (Å²) in [4.78, 5) is 12.5. The molecule has 4 nitrogen and oxygen atoms in total. The van der Waals surface area contributed by atoms with Crippen molar-refractivity contribution in [2.45, 2.75) is 20.3 Å². The molecule has 0 aliphatic heterocycles. The Labute approximate surface area is 151 Å². The van der Waals surface area contributed by atoms with Gasteiger partial charge in [0.15, 0.2) is 11.5 Å². The summed E-state index contributed by atoms with van der Waals surface area (Å²) >= 11 is 12.1. The van der Waals surface area contributed by atoms with E-state index < -0.39 is 0 Å². The summed E-state index contributed by atoms with van der Waals surface area (Å²) in [7, 11) is 0. The van der Waals surface area contributed by atoms with Crippen LogP contribution in [0.2, 0.25) is 10.0 Å². The number of hydrogen-bond donors (Lipinski definition) is 1. The van der Waals surface area contributed by atoms with Crippen LogP contribution in [0.4, 0.5) is 5.69 Å². The van der Waals surface area contributed by atoms with Gasteiger partial charge in [-0.05, 0) is 43.7 Å². The highest BCUT2D eigenvalue weighted by atomic mass is 35.5. The quantitative estimate of drug-likeness (QED) is 0.709. The molecule has 128 valence electrons. The summed E-state index contributed by atoms with van der Waals surface area (Å²) in [6, 6.07) is 10.1. The molecule has 0 atom stereocenters. The van der Waals surface area contributed by atoms with Gasteiger partial charge in [0.1, 0.15) is 0 Å². The monoisotopic (exact) mass is 367 g/mol. The summed E-state index contributed by atoms with van der Waals surface area (Å²) in [5.74, 6) is 0.856. The molecule has 0 aromatic heterocycles. The van der Waals surface area contributed by atoms with E-state index in [-0.39, 0.29) is 5.91 Å². The zero-order valence-corrected chi connectivity index (χ0v) is 15.1. The number of benzene rings is 2. The minimum absolute atomic E-state index is 0.304. The number of rotatable bonds is 7. The lowest BCUT2D eigenvalue weighted by atomic mass is 10.1.